The molecule has 0 saturated carbocycles. The van der Waals surface area contributed by atoms with Crippen LogP contribution in [0, 0.1) is 11.8 Å². The fourth-order valence-electron chi connectivity index (χ4n) is 9.12. The first-order valence-electron chi connectivity index (χ1n) is 26.1. The van der Waals surface area contributed by atoms with Gasteiger partial charge in [0.2, 0.25) is 0 Å². The zero-order valence-corrected chi connectivity index (χ0v) is 44.1. The van der Waals surface area contributed by atoms with Gasteiger partial charge in [0.05, 0.1) is 38.9 Å². The van der Waals surface area contributed by atoms with Crippen molar-refractivity contribution in [1.29, 1.82) is 0 Å². The van der Waals surface area contributed by atoms with Crippen LogP contribution in [-0.4, -0.2) is 79.6 Å². The molecule has 2 aliphatic heterocycles. The molecule has 3 aliphatic rings. The van der Waals surface area contributed by atoms with Gasteiger partial charge in [0.15, 0.2) is 0 Å². The van der Waals surface area contributed by atoms with Gasteiger partial charge in [0.1, 0.15) is 46.5 Å². The SMILES string of the molecule is CCCOc1c2cccc1Cc1cc3cc(c1OCCC)Cc1cccc(c1OCCC)Cc1cc(cc(c1OCCC)C2)/C=N/NC(=O)[C@H](C(C)C)NC(=O)c1cccc(n1)C(=O)N[C@@H](C(C)C)C(=O)N/N=C/3. The van der Waals surface area contributed by atoms with Crippen molar-refractivity contribution in [1.82, 2.24) is 26.5 Å². The smallest absolute Gasteiger partial charge is 0.270 e. The normalized spacial score (nSPS) is 17.1. The summed E-state index contributed by atoms with van der Waals surface area (Å²) >= 11 is 0. The quantitative estimate of drug-likeness (QED) is 0.0825. The molecule has 0 fully saturated rings. The Morgan fingerprint density at radius 2 is 0.757 bits per heavy atom. The summed E-state index contributed by atoms with van der Waals surface area (Å²) in [4.78, 5) is 59.6. The average Bonchev–Trinajstić information content (AvgIpc) is 3.37. The Kier molecular flexibility index (Phi) is 19.0. The van der Waals surface area contributed by atoms with Crippen LogP contribution in [0.15, 0.2) is 89.1 Å². The van der Waals surface area contributed by atoms with Gasteiger partial charge in [-0.1, -0.05) is 97.9 Å². The number of hydrogen-bond acceptors (Lipinski definition) is 11. The number of aromatic nitrogens is 1. The third-order valence-electron chi connectivity index (χ3n) is 12.7. The van der Waals surface area contributed by atoms with E-state index in [1.807, 2.05) is 24.3 Å². The molecule has 0 radical (unpaired) electrons. The Labute approximate surface area is 435 Å². The second-order valence-corrected chi connectivity index (χ2v) is 19.5. The van der Waals surface area contributed by atoms with E-state index in [0.717, 1.165) is 104 Å². The maximum atomic E-state index is 13.9. The maximum Gasteiger partial charge on any atom is 0.270 e. The van der Waals surface area contributed by atoms with Crippen molar-refractivity contribution < 1.29 is 38.1 Å². The topological polar surface area (TPSA) is 191 Å². The average molecular weight is 1010 g/mol. The highest BCUT2D eigenvalue weighted by Gasteiger charge is 2.29. The van der Waals surface area contributed by atoms with Gasteiger partial charge in [0, 0.05) is 25.7 Å². The van der Waals surface area contributed by atoms with Crippen LogP contribution < -0.4 is 40.4 Å². The Balaban J connectivity index is 1.49. The largest absolute Gasteiger partial charge is 0.493 e. The molecule has 3 heterocycles. The minimum absolute atomic E-state index is 0.0889. The Morgan fingerprint density at radius 3 is 1.05 bits per heavy atom. The lowest BCUT2D eigenvalue weighted by Gasteiger charge is -2.23. The third-order valence-corrected chi connectivity index (χ3v) is 12.7. The summed E-state index contributed by atoms with van der Waals surface area (Å²) in [6.07, 6.45) is 8.14. The molecular formula is C59H71N7O8. The van der Waals surface area contributed by atoms with Crippen molar-refractivity contribution in [2.45, 2.75) is 119 Å². The van der Waals surface area contributed by atoms with Crippen molar-refractivity contribution in [3.63, 3.8) is 0 Å². The fourth-order valence-corrected chi connectivity index (χ4v) is 9.12. The molecule has 12 bridgehead atoms. The van der Waals surface area contributed by atoms with E-state index in [1.165, 1.54) is 18.2 Å². The number of para-hydroxylation sites is 2. The highest BCUT2D eigenvalue weighted by atomic mass is 16.5. The number of benzene rings is 4. The molecule has 4 amide bonds. The van der Waals surface area contributed by atoms with E-state index >= 15 is 0 Å². The van der Waals surface area contributed by atoms with Gasteiger partial charge < -0.3 is 29.6 Å². The van der Waals surface area contributed by atoms with Gasteiger partial charge in [-0.15, -0.1) is 0 Å². The highest BCUT2D eigenvalue weighted by molar-refractivity contribution is 6.00. The van der Waals surface area contributed by atoms with Crippen LogP contribution in [-0.2, 0) is 35.3 Å². The number of carbonyl (C=O) groups is 4. The molecule has 5 aromatic rings. The van der Waals surface area contributed by atoms with Crippen LogP contribution in [0.1, 0.15) is 158 Å². The molecule has 1 aromatic heterocycles. The van der Waals surface area contributed by atoms with Crippen LogP contribution in [0.4, 0.5) is 0 Å². The van der Waals surface area contributed by atoms with E-state index in [0.29, 0.717) is 52.1 Å². The van der Waals surface area contributed by atoms with Crippen LogP contribution >= 0.6 is 0 Å². The molecule has 390 valence electrons. The molecule has 4 N–H and O–H groups in total. The Morgan fingerprint density at radius 1 is 0.459 bits per heavy atom. The van der Waals surface area contributed by atoms with Crippen LogP contribution in [0.25, 0.3) is 0 Å². The first-order valence-corrected chi connectivity index (χ1v) is 26.1. The molecule has 2 atom stereocenters. The number of rotatable bonds is 14. The monoisotopic (exact) mass is 1010 g/mol. The lowest BCUT2D eigenvalue weighted by Crippen LogP contribution is -2.49. The fraction of sp³-hybridized carbons (Fsp3) is 0.407. The summed E-state index contributed by atoms with van der Waals surface area (Å²) in [5.41, 5.74) is 14.0. The number of carbonyl (C=O) groups excluding carboxylic acids is 4. The second-order valence-electron chi connectivity index (χ2n) is 19.5. The van der Waals surface area contributed by atoms with E-state index in [9.17, 15) is 19.2 Å². The maximum absolute atomic E-state index is 13.9. The first kappa shape index (κ1) is 54.2. The molecule has 1 aliphatic carbocycles. The van der Waals surface area contributed by atoms with Crippen molar-refractivity contribution >= 4 is 36.1 Å². The molecule has 74 heavy (non-hydrogen) atoms. The molecule has 15 heteroatoms. The van der Waals surface area contributed by atoms with Crippen LogP contribution in [0.3, 0.4) is 0 Å². The van der Waals surface area contributed by atoms with Crippen LogP contribution in [0.5, 0.6) is 23.0 Å². The summed E-state index contributed by atoms with van der Waals surface area (Å²) < 4.78 is 27.0. The number of fused-ring (bicyclic) bond motifs is 10. The first-order chi connectivity index (χ1) is 35.8. The predicted octanol–water partition coefficient (Wildman–Crippen LogP) is 9.04. The van der Waals surface area contributed by atoms with E-state index in [1.54, 1.807) is 40.1 Å². The Hall–Kier alpha value is -7.55. The van der Waals surface area contributed by atoms with Crippen LogP contribution in [0.2, 0.25) is 0 Å². The zero-order chi connectivity index (χ0) is 52.7. The molecule has 15 nitrogen and oxygen atoms in total. The molecule has 0 spiro atoms. The number of hydrazone groups is 2. The van der Waals surface area contributed by atoms with Gasteiger partial charge in [-0.3, -0.25) is 19.2 Å². The van der Waals surface area contributed by atoms with E-state index < -0.39 is 35.7 Å². The van der Waals surface area contributed by atoms with Gasteiger partial charge in [0.25, 0.3) is 23.6 Å². The standard InChI is InChI=1S/C59H71N7O8/c1-9-22-71-52-40-16-13-17-41(52)31-45-27-39-29-47(55(45)74-25-12-4)33-43-19-14-18-42(53(43)72-23-10-2)32-46-28-38(26-44(30-40)54(46)73-24-11-3)34-60-65-58(69)50(36(5)6)63-56(67)48-20-15-21-49(62-48)57(68)64-51(37(7)8)59(70)66-61-35-39/h13-21,26-29,34-37,50-51H,9-12,22-25,30-33H2,1-8H3,(H,63,67)(H,64,68)(H,65,69)(H,66,70)/b60-34+,61-35+/t50-,51-/m0/s1. The van der Waals surface area contributed by atoms with Crippen molar-refractivity contribution in [2.75, 3.05) is 26.4 Å². The minimum atomic E-state index is -1.02. The lowest BCUT2D eigenvalue weighted by atomic mass is 9.90. The molecule has 0 saturated heterocycles. The lowest BCUT2D eigenvalue weighted by molar-refractivity contribution is -0.124. The summed E-state index contributed by atoms with van der Waals surface area (Å²) in [5, 5.41) is 14.5. The summed E-state index contributed by atoms with van der Waals surface area (Å²) in [6.45, 7) is 17.5. The summed E-state index contributed by atoms with van der Waals surface area (Å²) in [7, 11) is 0. The number of ether oxygens (including phenoxy) is 4. The second kappa shape index (κ2) is 25.9. The zero-order valence-electron chi connectivity index (χ0n) is 44.1. The Bertz CT molecular complexity index is 2600. The van der Waals surface area contributed by atoms with E-state index in [4.69, 9.17) is 18.9 Å². The number of nitrogens with one attached hydrogen (secondary N) is 4. The van der Waals surface area contributed by atoms with Gasteiger partial charge >= 0.3 is 0 Å². The third kappa shape index (κ3) is 13.5. The number of hydrogen-bond donors (Lipinski definition) is 4. The number of amides is 4. The van der Waals surface area contributed by atoms with Crippen molar-refractivity contribution in [3.05, 3.63) is 146 Å². The molecule has 8 rings (SSSR count). The van der Waals surface area contributed by atoms with E-state index in [-0.39, 0.29) is 23.2 Å². The predicted molar refractivity (Wildman–Crippen MR) is 288 cm³/mol. The highest BCUT2D eigenvalue weighted by Crippen LogP contribution is 2.40. The van der Waals surface area contributed by atoms with Crippen molar-refractivity contribution in [3.8, 4) is 23.0 Å². The molecule has 0 unspecified atom stereocenters. The molecule has 4 aromatic carbocycles. The van der Waals surface area contributed by atoms with Gasteiger partial charge in [-0.2, -0.15) is 10.2 Å². The minimum Gasteiger partial charge on any atom is -0.493 e. The van der Waals surface area contributed by atoms with Gasteiger partial charge in [-0.25, -0.2) is 15.8 Å². The van der Waals surface area contributed by atoms with E-state index in [2.05, 4.69) is 101 Å². The summed E-state index contributed by atoms with van der Waals surface area (Å²) in [6, 6.07) is 23.0. The van der Waals surface area contributed by atoms with Crippen molar-refractivity contribution in [2.24, 2.45) is 22.0 Å². The summed E-state index contributed by atoms with van der Waals surface area (Å²) in [5.74, 6) is -0.101. The number of nitrogens with zero attached hydrogens (tertiary/aromatic N) is 3. The number of pyridine rings is 1. The molecular weight excluding hydrogens is 935 g/mol. The van der Waals surface area contributed by atoms with Gasteiger partial charge in [-0.05, 0) is 130 Å².